The third-order valence-corrected chi connectivity index (χ3v) is 11.1. The normalized spacial score (nSPS) is 21.2. The third kappa shape index (κ3) is 5.94. The summed E-state index contributed by atoms with van der Waals surface area (Å²) < 4.78 is 52.0. The van der Waals surface area contributed by atoms with Crippen molar-refractivity contribution >= 4 is 19.4 Å². The van der Waals surface area contributed by atoms with Gasteiger partial charge in [-0.15, -0.1) is 5.10 Å². The van der Waals surface area contributed by atoms with Crippen molar-refractivity contribution in [1.29, 1.82) is 0 Å². The topological polar surface area (TPSA) is 79.1 Å². The molecule has 0 spiro atoms. The van der Waals surface area contributed by atoms with Crippen LogP contribution in [0.15, 0.2) is 36.4 Å². The summed E-state index contributed by atoms with van der Waals surface area (Å²) >= 11 is 0. The molecule has 1 fully saturated rings. The van der Waals surface area contributed by atoms with Crippen molar-refractivity contribution in [2.24, 2.45) is 5.92 Å². The van der Waals surface area contributed by atoms with Crippen LogP contribution in [0.5, 0.6) is 0 Å². The molecule has 2 bridgehead atoms. The summed E-state index contributed by atoms with van der Waals surface area (Å²) in [4.78, 5) is 20.5. The zero-order valence-corrected chi connectivity index (χ0v) is 23.4. The number of ether oxygens (including phenoxy) is 2. The molecule has 39 heavy (non-hydrogen) atoms. The molecule has 0 atom stereocenters. The fraction of sp³-hybridized carbons (Fsp3) is 0.500. The number of carbonyl (C=O) groups excluding carboxylic acids is 1. The number of aromatic nitrogens is 4. The van der Waals surface area contributed by atoms with Gasteiger partial charge in [-0.05, 0) is 61.3 Å². The summed E-state index contributed by atoms with van der Waals surface area (Å²) in [6.45, 7) is 4.34. The Morgan fingerprint density at radius 2 is 1.79 bits per heavy atom. The Hall–Kier alpha value is -3.05. The number of fused-ring (bicyclic) bond motifs is 4. The summed E-state index contributed by atoms with van der Waals surface area (Å²) in [5.74, 6) is -0.328. The van der Waals surface area contributed by atoms with Crippen molar-refractivity contribution in [1.82, 2.24) is 19.7 Å². The number of hydrogen-bond acceptors (Lipinski definition) is 6. The lowest BCUT2D eigenvalue weighted by Gasteiger charge is -2.28. The van der Waals surface area contributed by atoms with E-state index in [1.165, 1.54) is 12.7 Å². The maximum Gasteiger partial charge on any atom is 0.451 e. The van der Waals surface area contributed by atoms with E-state index in [-0.39, 0.29) is 18.5 Å². The Bertz CT molecular complexity index is 1330. The van der Waals surface area contributed by atoms with Gasteiger partial charge in [-0.1, -0.05) is 37.4 Å². The Morgan fingerprint density at radius 1 is 1.08 bits per heavy atom. The van der Waals surface area contributed by atoms with Crippen molar-refractivity contribution in [3.05, 3.63) is 47.8 Å². The highest BCUT2D eigenvalue weighted by molar-refractivity contribution is 6.90. The number of methoxy groups -OCH3 is 1. The Balaban J connectivity index is 1.41. The molecular formula is C28H33F3N4O3Si. The monoisotopic (exact) mass is 558 g/mol. The zero-order chi connectivity index (χ0) is 27.8. The standard InChI is InChI=1S/C28H33F3N4O3Si/c1-37-24(36)16-18-4-6-19(7-5-18)20-8-10-21(11-9-20)23-13-12-22-25-33-27(28(29,30)31)35(34-25)17-38-14-15-39(2,3)26(22)32-23/h8-13,18-19H,4-7,14-17H2,1-3H3. The van der Waals surface area contributed by atoms with Crippen LogP contribution in [-0.4, -0.2) is 47.5 Å². The summed E-state index contributed by atoms with van der Waals surface area (Å²) in [5, 5.41) is 4.94. The maximum absolute atomic E-state index is 13.6. The van der Waals surface area contributed by atoms with Crippen LogP contribution in [0, 0.1) is 5.92 Å². The van der Waals surface area contributed by atoms with Gasteiger partial charge in [-0.3, -0.25) is 9.78 Å². The molecule has 11 heteroatoms. The molecule has 3 aromatic rings. The summed E-state index contributed by atoms with van der Waals surface area (Å²) in [7, 11) is -0.763. The highest BCUT2D eigenvalue weighted by Gasteiger charge is 2.40. The first-order valence-electron chi connectivity index (χ1n) is 13.3. The maximum atomic E-state index is 13.6. The van der Waals surface area contributed by atoms with Crippen molar-refractivity contribution in [3.63, 3.8) is 0 Å². The number of alkyl halides is 3. The average molecular weight is 559 g/mol. The van der Waals surface area contributed by atoms with Crippen LogP contribution in [0.1, 0.15) is 49.4 Å². The molecule has 2 aromatic heterocycles. The van der Waals surface area contributed by atoms with Gasteiger partial charge < -0.3 is 9.47 Å². The lowest BCUT2D eigenvalue weighted by molar-refractivity contribution is -0.150. The Morgan fingerprint density at radius 3 is 2.46 bits per heavy atom. The molecule has 0 amide bonds. The van der Waals surface area contributed by atoms with E-state index in [1.807, 2.05) is 12.1 Å². The third-order valence-electron chi connectivity index (χ3n) is 8.00. The second kappa shape index (κ2) is 10.8. The lowest BCUT2D eigenvalue weighted by atomic mass is 9.77. The molecule has 0 radical (unpaired) electrons. The van der Waals surface area contributed by atoms with Gasteiger partial charge in [0.2, 0.25) is 5.82 Å². The number of nitrogens with zero attached hydrogens (tertiary/aromatic N) is 4. The van der Waals surface area contributed by atoms with E-state index in [4.69, 9.17) is 14.5 Å². The number of rotatable bonds is 4. The zero-order valence-electron chi connectivity index (χ0n) is 22.4. The van der Waals surface area contributed by atoms with Gasteiger partial charge in [-0.25, -0.2) is 9.67 Å². The molecule has 1 aliphatic carbocycles. The van der Waals surface area contributed by atoms with Gasteiger partial charge in [0.25, 0.3) is 0 Å². The second-order valence-electron chi connectivity index (χ2n) is 11.1. The van der Waals surface area contributed by atoms with E-state index in [9.17, 15) is 18.0 Å². The van der Waals surface area contributed by atoms with Gasteiger partial charge >= 0.3 is 12.1 Å². The molecule has 3 heterocycles. The van der Waals surface area contributed by atoms with E-state index < -0.39 is 20.1 Å². The number of benzene rings is 1. The predicted octanol–water partition coefficient (Wildman–Crippen LogP) is 5.77. The lowest BCUT2D eigenvalue weighted by Crippen LogP contribution is -2.46. The van der Waals surface area contributed by atoms with Gasteiger partial charge in [-0.2, -0.15) is 13.2 Å². The van der Waals surface area contributed by atoms with Crippen LogP contribution in [0.3, 0.4) is 0 Å². The van der Waals surface area contributed by atoms with Crippen molar-refractivity contribution in [2.75, 3.05) is 13.7 Å². The number of pyridine rings is 1. The molecule has 1 aromatic carbocycles. The largest absolute Gasteiger partial charge is 0.469 e. The van der Waals surface area contributed by atoms with Gasteiger partial charge in [0.05, 0.1) is 12.8 Å². The molecule has 7 nitrogen and oxygen atoms in total. The molecule has 0 unspecified atom stereocenters. The number of esters is 1. The minimum Gasteiger partial charge on any atom is -0.469 e. The molecule has 1 aliphatic heterocycles. The van der Waals surface area contributed by atoms with E-state index in [0.717, 1.165) is 53.0 Å². The molecular weight excluding hydrogens is 525 g/mol. The summed E-state index contributed by atoms with van der Waals surface area (Å²) in [6.07, 6.45) is -0.0376. The smallest absolute Gasteiger partial charge is 0.451 e. The number of carbonyl (C=O) groups is 1. The van der Waals surface area contributed by atoms with Crippen LogP contribution < -0.4 is 5.32 Å². The van der Waals surface area contributed by atoms with Crippen LogP contribution >= 0.6 is 0 Å². The van der Waals surface area contributed by atoms with Gasteiger partial charge in [0, 0.05) is 29.5 Å². The second-order valence-corrected chi connectivity index (χ2v) is 15.9. The molecule has 2 aliphatic rings. The van der Waals surface area contributed by atoms with Crippen LogP contribution in [0.4, 0.5) is 13.2 Å². The molecule has 0 saturated heterocycles. The predicted molar refractivity (Wildman–Crippen MR) is 143 cm³/mol. The van der Waals surface area contributed by atoms with Gasteiger partial charge in [0.15, 0.2) is 5.82 Å². The van der Waals surface area contributed by atoms with Crippen LogP contribution in [0.2, 0.25) is 19.1 Å². The van der Waals surface area contributed by atoms with E-state index >= 15 is 0 Å². The summed E-state index contributed by atoms with van der Waals surface area (Å²) in [6, 6.07) is 12.8. The Kier molecular flexibility index (Phi) is 7.65. The van der Waals surface area contributed by atoms with E-state index in [2.05, 4.69) is 47.4 Å². The quantitative estimate of drug-likeness (QED) is 0.299. The molecule has 1 saturated carbocycles. The highest BCUT2D eigenvalue weighted by Crippen LogP contribution is 2.38. The van der Waals surface area contributed by atoms with Crippen LogP contribution in [0.25, 0.3) is 22.6 Å². The van der Waals surface area contributed by atoms with E-state index in [0.29, 0.717) is 30.4 Å². The fourth-order valence-corrected chi connectivity index (χ4v) is 7.85. The highest BCUT2D eigenvalue weighted by atomic mass is 28.3. The SMILES string of the molecule is COC(=O)CC1CCC(c2ccc(-c3ccc4c(n3)[Si](C)(C)CCOCn3nc-4nc3C(F)(F)F)cc2)CC1. The Labute approximate surface area is 226 Å². The van der Waals surface area contributed by atoms with E-state index in [1.54, 1.807) is 0 Å². The molecule has 208 valence electrons. The average Bonchev–Trinajstić information content (AvgIpc) is 3.35. The first-order valence-corrected chi connectivity index (χ1v) is 16.5. The number of hydrogen-bond donors (Lipinski definition) is 0. The van der Waals surface area contributed by atoms with Gasteiger partial charge in [0.1, 0.15) is 14.8 Å². The van der Waals surface area contributed by atoms with Crippen molar-refractivity contribution in [3.8, 4) is 22.6 Å². The minimum absolute atomic E-state index is 0.0283. The number of halogens is 3. The van der Waals surface area contributed by atoms with Crippen molar-refractivity contribution < 1.29 is 27.4 Å². The van der Waals surface area contributed by atoms with Crippen molar-refractivity contribution in [2.45, 2.75) is 70.1 Å². The van der Waals surface area contributed by atoms with Crippen LogP contribution in [-0.2, 0) is 27.2 Å². The first-order chi connectivity index (χ1) is 18.5. The summed E-state index contributed by atoms with van der Waals surface area (Å²) in [5.41, 5.74) is 3.56. The molecule has 5 rings (SSSR count). The minimum atomic E-state index is -4.63. The first kappa shape index (κ1) is 27.5. The fourth-order valence-electron chi connectivity index (χ4n) is 5.61. The molecule has 0 N–H and O–H groups in total.